The number of nitrogen functional groups attached to an aromatic ring is 1. The molecule has 0 saturated carbocycles. The standard InChI is InChI=1S/C13H15N3O3/c14-8-1-2-9-7(5-8)6-16(13(9)19)10-3-4-11(17)15-12(10)18/h1-2,5,10,13,19H,3-4,6,14H2,(H,15,17,18). The highest BCUT2D eigenvalue weighted by Gasteiger charge is 2.39. The normalized spacial score (nSPS) is 27.2. The van der Waals surface area contributed by atoms with Crippen LogP contribution in [0.5, 0.6) is 0 Å². The minimum Gasteiger partial charge on any atom is -0.399 e. The number of hydrogen-bond acceptors (Lipinski definition) is 5. The molecule has 2 atom stereocenters. The third-order valence-corrected chi connectivity index (χ3v) is 3.72. The van der Waals surface area contributed by atoms with E-state index in [0.717, 1.165) is 11.1 Å². The molecule has 1 saturated heterocycles. The maximum Gasteiger partial charge on any atom is 0.244 e. The molecule has 2 heterocycles. The number of nitrogens with zero attached hydrogens (tertiary/aromatic N) is 1. The maximum atomic E-state index is 11.8. The second-order valence-corrected chi connectivity index (χ2v) is 4.97. The Morgan fingerprint density at radius 3 is 2.89 bits per heavy atom. The van der Waals surface area contributed by atoms with Gasteiger partial charge >= 0.3 is 0 Å². The minimum atomic E-state index is -0.820. The number of piperidine rings is 1. The van der Waals surface area contributed by atoms with Crippen molar-refractivity contribution in [2.45, 2.75) is 31.7 Å². The summed E-state index contributed by atoms with van der Waals surface area (Å²) in [7, 11) is 0. The summed E-state index contributed by atoms with van der Waals surface area (Å²) >= 11 is 0. The summed E-state index contributed by atoms with van der Waals surface area (Å²) in [6.07, 6.45) is -0.0805. The van der Waals surface area contributed by atoms with Crippen molar-refractivity contribution in [1.82, 2.24) is 10.2 Å². The quantitative estimate of drug-likeness (QED) is 0.484. The number of nitrogens with one attached hydrogen (secondary N) is 1. The van der Waals surface area contributed by atoms with Gasteiger partial charge in [-0.25, -0.2) is 0 Å². The molecule has 1 aromatic rings. The summed E-state index contributed by atoms with van der Waals surface area (Å²) < 4.78 is 0. The highest BCUT2D eigenvalue weighted by molar-refractivity contribution is 6.00. The highest BCUT2D eigenvalue weighted by atomic mass is 16.3. The molecule has 0 aromatic heterocycles. The van der Waals surface area contributed by atoms with Crippen molar-refractivity contribution in [3.63, 3.8) is 0 Å². The Balaban J connectivity index is 1.85. The van der Waals surface area contributed by atoms with E-state index in [-0.39, 0.29) is 11.8 Å². The second kappa shape index (κ2) is 4.32. The van der Waals surface area contributed by atoms with Crippen molar-refractivity contribution < 1.29 is 14.7 Å². The van der Waals surface area contributed by atoms with Gasteiger partial charge in [-0.05, 0) is 24.1 Å². The first-order valence-corrected chi connectivity index (χ1v) is 6.22. The van der Waals surface area contributed by atoms with E-state index in [1.54, 1.807) is 17.0 Å². The molecular weight excluding hydrogens is 246 g/mol. The molecule has 0 radical (unpaired) electrons. The molecule has 4 N–H and O–H groups in total. The second-order valence-electron chi connectivity index (χ2n) is 4.97. The SMILES string of the molecule is Nc1ccc2c(c1)CN(C1CCC(=O)NC1=O)C2O. The maximum absolute atomic E-state index is 11.8. The number of imide groups is 1. The van der Waals surface area contributed by atoms with Crippen molar-refractivity contribution in [2.75, 3.05) is 5.73 Å². The van der Waals surface area contributed by atoms with Crippen molar-refractivity contribution in [3.8, 4) is 0 Å². The minimum absolute atomic E-state index is 0.253. The number of carbonyl (C=O) groups is 2. The van der Waals surface area contributed by atoms with Crippen LogP contribution in [0.15, 0.2) is 18.2 Å². The van der Waals surface area contributed by atoms with Gasteiger partial charge in [-0.15, -0.1) is 0 Å². The van der Waals surface area contributed by atoms with E-state index in [9.17, 15) is 14.7 Å². The molecule has 2 amide bonds. The van der Waals surface area contributed by atoms with E-state index >= 15 is 0 Å². The Labute approximate surface area is 110 Å². The lowest BCUT2D eigenvalue weighted by Gasteiger charge is -2.31. The smallest absolute Gasteiger partial charge is 0.244 e. The first kappa shape index (κ1) is 12.1. The Kier molecular flexibility index (Phi) is 2.76. The van der Waals surface area contributed by atoms with E-state index in [0.29, 0.717) is 25.1 Å². The number of amides is 2. The average molecular weight is 261 g/mol. The number of fused-ring (bicyclic) bond motifs is 1. The zero-order chi connectivity index (χ0) is 13.6. The lowest BCUT2D eigenvalue weighted by atomic mass is 10.0. The number of anilines is 1. The molecule has 1 aromatic carbocycles. The summed E-state index contributed by atoms with van der Waals surface area (Å²) in [5, 5.41) is 12.6. The molecular formula is C13H15N3O3. The lowest BCUT2D eigenvalue weighted by Crippen LogP contribution is -2.51. The largest absolute Gasteiger partial charge is 0.399 e. The monoisotopic (exact) mass is 261 g/mol. The van der Waals surface area contributed by atoms with Crippen LogP contribution >= 0.6 is 0 Å². The summed E-state index contributed by atoms with van der Waals surface area (Å²) in [6, 6.07) is 4.85. The van der Waals surface area contributed by atoms with E-state index in [1.807, 2.05) is 6.07 Å². The number of aliphatic hydroxyl groups is 1. The van der Waals surface area contributed by atoms with E-state index in [2.05, 4.69) is 5.32 Å². The topological polar surface area (TPSA) is 95.7 Å². The first-order valence-electron chi connectivity index (χ1n) is 6.22. The molecule has 2 aliphatic rings. The summed E-state index contributed by atoms with van der Waals surface area (Å²) in [5.74, 6) is -0.590. The fraction of sp³-hybridized carbons (Fsp3) is 0.385. The van der Waals surface area contributed by atoms with Crippen LogP contribution in [0.3, 0.4) is 0 Å². The predicted octanol–water partition coefficient (Wildman–Crippen LogP) is -0.120. The zero-order valence-corrected chi connectivity index (χ0v) is 10.3. The van der Waals surface area contributed by atoms with Crippen LogP contribution in [0, 0.1) is 0 Å². The fourth-order valence-electron chi connectivity index (χ4n) is 2.76. The van der Waals surface area contributed by atoms with Crippen LogP contribution in [-0.2, 0) is 16.1 Å². The van der Waals surface area contributed by atoms with Gasteiger partial charge in [0.15, 0.2) is 0 Å². The fourth-order valence-corrected chi connectivity index (χ4v) is 2.76. The summed E-state index contributed by atoms with van der Waals surface area (Å²) in [6.45, 7) is 0.466. The van der Waals surface area contributed by atoms with Gasteiger partial charge in [0.1, 0.15) is 6.23 Å². The van der Waals surface area contributed by atoms with Gasteiger partial charge in [0.05, 0.1) is 6.04 Å². The van der Waals surface area contributed by atoms with Gasteiger partial charge in [-0.3, -0.25) is 19.8 Å². The zero-order valence-electron chi connectivity index (χ0n) is 10.3. The third kappa shape index (κ3) is 1.98. The molecule has 1 fully saturated rings. The Morgan fingerprint density at radius 1 is 1.37 bits per heavy atom. The summed E-state index contributed by atoms with van der Waals surface area (Å²) in [5.41, 5.74) is 8.06. The van der Waals surface area contributed by atoms with Crippen molar-refractivity contribution in [2.24, 2.45) is 0 Å². The number of nitrogens with two attached hydrogens (primary N) is 1. The van der Waals surface area contributed by atoms with Gasteiger partial charge in [-0.1, -0.05) is 6.07 Å². The van der Waals surface area contributed by atoms with Crippen LogP contribution < -0.4 is 11.1 Å². The van der Waals surface area contributed by atoms with Crippen molar-refractivity contribution in [3.05, 3.63) is 29.3 Å². The molecule has 6 nitrogen and oxygen atoms in total. The summed E-state index contributed by atoms with van der Waals surface area (Å²) in [4.78, 5) is 24.7. The Bertz CT molecular complexity index is 558. The molecule has 100 valence electrons. The Morgan fingerprint density at radius 2 is 2.16 bits per heavy atom. The molecule has 2 aliphatic heterocycles. The van der Waals surface area contributed by atoms with E-state index in [1.165, 1.54) is 0 Å². The van der Waals surface area contributed by atoms with Gasteiger partial charge < -0.3 is 10.8 Å². The molecule has 6 heteroatoms. The number of rotatable bonds is 1. The molecule has 0 spiro atoms. The van der Waals surface area contributed by atoms with E-state index < -0.39 is 12.3 Å². The number of aliphatic hydroxyl groups excluding tert-OH is 1. The molecule has 19 heavy (non-hydrogen) atoms. The Hall–Kier alpha value is -1.92. The predicted molar refractivity (Wildman–Crippen MR) is 67.5 cm³/mol. The molecule has 3 rings (SSSR count). The highest BCUT2D eigenvalue weighted by Crippen LogP contribution is 2.35. The molecule has 0 aliphatic carbocycles. The van der Waals surface area contributed by atoms with E-state index in [4.69, 9.17) is 5.73 Å². The van der Waals surface area contributed by atoms with Crippen LogP contribution in [0.2, 0.25) is 0 Å². The van der Waals surface area contributed by atoms with Crippen molar-refractivity contribution >= 4 is 17.5 Å². The molecule has 0 bridgehead atoms. The van der Waals surface area contributed by atoms with Crippen LogP contribution in [0.4, 0.5) is 5.69 Å². The number of carbonyl (C=O) groups excluding carboxylic acids is 2. The van der Waals surface area contributed by atoms with Gasteiger partial charge in [0, 0.05) is 24.2 Å². The van der Waals surface area contributed by atoms with Gasteiger partial charge in [0.25, 0.3) is 0 Å². The van der Waals surface area contributed by atoms with Crippen LogP contribution in [0.25, 0.3) is 0 Å². The van der Waals surface area contributed by atoms with Gasteiger partial charge in [-0.2, -0.15) is 0 Å². The average Bonchev–Trinajstić information content (AvgIpc) is 2.66. The van der Waals surface area contributed by atoms with Crippen LogP contribution in [0.1, 0.15) is 30.2 Å². The number of hydrogen-bond donors (Lipinski definition) is 3. The van der Waals surface area contributed by atoms with Crippen LogP contribution in [-0.4, -0.2) is 27.9 Å². The van der Waals surface area contributed by atoms with Crippen molar-refractivity contribution in [1.29, 1.82) is 0 Å². The third-order valence-electron chi connectivity index (χ3n) is 3.72. The van der Waals surface area contributed by atoms with Gasteiger partial charge in [0.2, 0.25) is 11.8 Å². The number of benzene rings is 1. The lowest BCUT2D eigenvalue weighted by molar-refractivity contribution is -0.141. The first-order chi connectivity index (χ1) is 9.06. The molecule has 2 unspecified atom stereocenters.